The van der Waals surface area contributed by atoms with E-state index >= 15 is 0 Å². The van der Waals surface area contributed by atoms with Gasteiger partial charge in [0.15, 0.2) is 5.76 Å². The lowest BCUT2D eigenvalue weighted by Crippen LogP contribution is -2.23. The van der Waals surface area contributed by atoms with Crippen LogP contribution in [0.4, 0.5) is 11.4 Å². The van der Waals surface area contributed by atoms with Crippen molar-refractivity contribution >= 4 is 28.9 Å². The molecule has 0 fully saturated rings. The van der Waals surface area contributed by atoms with Crippen LogP contribution in [-0.2, 0) is 17.6 Å². The molecule has 0 spiro atoms. The second-order valence-electron chi connectivity index (χ2n) is 8.56. The minimum absolute atomic E-state index is 0.0258. The Hall–Kier alpha value is -4.47. The standard InChI is InChI=1S/C26H26N4O6/c1-15-7-12-21(35-3)20(13-15)27-26(32)25-16(2)24-19(5-4-6-22(24)36-25)28-29-23(31)14-17-8-10-18(11-9-17)30(33)34/h7-13H,4-6,14H2,1-3H3,(H,27,32)(H,29,31)/b28-19+. The molecule has 0 aliphatic heterocycles. The van der Waals surface area contributed by atoms with Crippen molar-refractivity contribution in [1.29, 1.82) is 0 Å². The maximum absolute atomic E-state index is 13.1. The first-order valence-corrected chi connectivity index (χ1v) is 11.4. The van der Waals surface area contributed by atoms with Gasteiger partial charge in [-0.2, -0.15) is 5.10 Å². The highest BCUT2D eigenvalue weighted by Crippen LogP contribution is 2.31. The molecule has 3 aromatic rings. The molecular formula is C26H26N4O6. The van der Waals surface area contributed by atoms with Gasteiger partial charge >= 0.3 is 0 Å². The number of ether oxygens (including phenoxy) is 1. The van der Waals surface area contributed by atoms with E-state index in [1.165, 1.54) is 31.4 Å². The Morgan fingerprint density at radius 1 is 1.14 bits per heavy atom. The van der Waals surface area contributed by atoms with Gasteiger partial charge in [-0.15, -0.1) is 0 Å². The fourth-order valence-corrected chi connectivity index (χ4v) is 4.19. The first-order valence-electron chi connectivity index (χ1n) is 11.4. The van der Waals surface area contributed by atoms with Crippen LogP contribution in [-0.4, -0.2) is 29.6 Å². The lowest BCUT2D eigenvalue weighted by atomic mass is 9.93. The van der Waals surface area contributed by atoms with Crippen LogP contribution < -0.4 is 15.5 Å². The number of nitrogens with one attached hydrogen (secondary N) is 2. The first-order chi connectivity index (χ1) is 17.3. The molecule has 4 rings (SSSR count). The molecule has 10 nitrogen and oxygen atoms in total. The van der Waals surface area contributed by atoms with Gasteiger partial charge in [-0.3, -0.25) is 19.7 Å². The number of non-ortho nitro benzene ring substituents is 1. The zero-order valence-electron chi connectivity index (χ0n) is 20.2. The molecule has 0 bridgehead atoms. The summed E-state index contributed by atoms with van der Waals surface area (Å²) in [6.45, 7) is 3.72. The normalized spacial score (nSPS) is 13.7. The van der Waals surface area contributed by atoms with Crippen molar-refractivity contribution in [3.63, 3.8) is 0 Å². The first kappa shape index (κ1) is 24.6. The van der Waals surface area contributed by atoms with Crippen molar-refractivity contribution in [2.24, 2.45) is 5.10 Å². The van der Waals surface area contributed by atoms with Crippen LogP contribution in [0.2, 0.25) is 0 Å². The number of rotatable bonds is 7. The molecule has 1 aliphatic carbocycles. The van der Waals surface area contributed by atoms with Crippen LogP contribution >= 0.6 is 0 Å². The smallest absolute Gasteiger partial charge is 0.291 e. The third kappa shape index (κ3) is 5.27. The van der Waals surface area contributed by atoms with Crippen LogP contribution in [0.25, 0.3) is 0 Å². The number of hydrazone groups is 1. The molecule has 0 atom stereocenters. The van der Waals surface area contributed by atoms with Gasteiger partial charge < -0.3 is 14.5 Å². The zero-order valence-corrected chi connectivity index (χ0v) is 20.2. The lowest BCUT2D eigenvalue weighted by Gasteiger charge is -2.13. The number of nitro benzene ring substituents is 1. The van der Waals surface area contributed by atoms with Gasteiger partial charge in [0.05, 0.1) is 29.9 Å². The Balaban J connectivity index is 1.50. The van der Waals surface area contributed by atoms with Crippen LogP contribution in [0.1, 0.15) is 51.4 Å². The second-order valence-corrected chi connectivity index (χ2v) is 8.56. The summed E-state index contributed by atoms with van der Waals surface area (Å²) in [5.41, 5.74) is 6.70. The third-order valence-corrected chi connectivity index (χ3v) is 5.96. The SMILES string of the molecule is COc1ccc(C)cc1NC(=O)c1oc2c(c1C)/C(=N/NC(=O)Cc1ccc([N+](=O)[O-])cc1)CCC2. The van der Waals surface area contributed by atoms with Gasteiger partial charge in [0.1, 0.15) is 11.5 Å². The molecular weight excluding hydrogens is 464 g/mol. The average Bonchev–Trinajstić information content (AvgIpc) is 3.20. The highest BCUT2D eigenvalue weighted by molar-refractivity contribution is 6.09. The number of nitrogens with zero attached hydrogens (tertiary/aromatic N) is 2. The average molecular weight is 491 g/mol. The molecule has 186 valence electrons. The van der Waals surface area contributed by atoms with E-state index in [1.807, 2.05) is 19.1 Å². The summed E-state index contributed by atoms with van der Waals surface area (Å²) in [6.07, 6.45) is 2.08. The monoisotopic (exact) mass is 490 g/mol. The quantitative estimate of drug-likeness (QED) is 0.371. The van der Waals surface area contributed by atoms with E-state index in [1.54, 1.807) is 13.0 Å². The molecule has 1 aliphatic rings. The molecule has 1 aromatic heterocycles. The molecule has 0 radical (unpaired) electrons. The number of aryl methyl sites for hydroxylation is 2. The van der Waals surface area contributed by atoms with Crippen molar-refractivity contribution in [3.05, 3.63) is 86.4 Å². The minimum Gasteiger partial charge on any atom is -0.495 e. The summed E-state index contributed by atoms with van der Waals surface area (Å²) in [4.78, 5) is 35.8. The molecule has 1 heterocycles. The number of anilines is 1. The molecule has 36 heavy (non-hydrogen) atoms. The van der Waals surface area contributed by atoms with E-state index in [0.717, 1.165) is 17.5 Å². The number of hydrogen-bond acceptors (Lipinski definition) is 7. The Morgan fingerprint density at radius 2 is 1.89 bits per heavy atom. The third-order valence-electron chi connectivity index (χ3n) is 5.96. The topological polar surface area (TPSA) is 136 Å². The molecule has 0 saturated carbocycles. The number of fused-ring (bicyclic) bond motifs is 1. The van der Waals surface area contributed by atoms with E-state index in [2.05, 4.69) is 15.8 Å². The lowest BCUT2D eigenvalue weighted by molar-refractivity contribution is -0.384. The summed E-state index contributed by atoms with van der Waals surface area (Å²) in [5, 5.41) is 18.0. The second kappa shape index (κ2) is 10.4. The fourth-order valence-electron chi connectivity index (χ4n) is 4.19. The predicted octanol–water partition coefficient (Wildman–Crippen LogP) is 4.46. The highest BCUT2D eigenvalue weighted by Gasteiger charge is 2.28. The summed E-state index contributed by atoms with van der Waals surface area (Å²) in [5.74, 6) is 0.640. The van der Waals surface area contributed by atoms with Gasteiger partial charge in [-0.1, -0.05) is 18.2 Å². The van der Waals surface area contributed by atoms with E-state index < -0.39 is 10.8 Å². The summed E-state index contributed by atoms with van der Waals surface area (Å²) < 4.78 is 11.3. The predicted molar refractivity (Wildman–Crippen MR) is 134 cm³/mol. The van der Waals surface area contributed by atoms with Crippen LogP contribution in [0, 0.1) is 24.0 Å². The van der Waals surface area contributed by atoms with Crippen molar-refractivity contribution < 1.29 is 23.7 Å². The largest absolute Gasteiger partial charge is 0.495 e. The summed E-state index contributed by atoms with van der Waals surface area (Å²) in [7, 11) is 1.54. The fraction of sp³-hybridized carbons (Fsp3) is 0.269. The Bertz CT molecular complexity index is 1360. The molecule has 2 N–H and O–H groups in total. The number of methoxy groups -OCH3 is 1. The summed E-state index contributed by atoms with van der Waals surface area (Å²) in [6, 6.07) is 11.3. The van der Waals surface area contributed by atoms with Gasteiger partial charge in [-0.25, -0.2) is 5.43 Å². The van der Waals surface area contributed by atoms with Crippen molar-refractivity contribution in [2.75, 3.05) is 12.4 Å². The van der Waals surface area contributed by atoms with E-state index in [0.29, 0.717) is 46.9 Å². The zero-order chi connectivity index (χ0) is 25.8. The van der Waals surface area contributed by atoms with E-state index in [9.17, 15) is 19.7 Å². The molecule has 2 aromatic carbocycles. The van der Waals surface area contributed by atoms with Crippen LogP contribution in [0.3, 0.4) is 0 Å². The number of carbonyl (C=O) groups excluding carboxylic acids is 2. The number of benzene rings is 2. The molecule has 2 amide bonds. The number of hydrogen-bond donors (Lipinski definition) is 2. The van der Waals surface area contributed by atoms with Crippen molar-refractivity contribution in [3.8, 4) is 5.75 Å². The van der Waals surface area contributed by atoms with Gasteiger partial charge in [0.2, 0.25) is 5.91 Å². The molecule has 0 unspecified atom stereocenters. The molecule has 0 saturated heterocycles. The number of furan rings is 1. The maximum atomic E-state index is 13.1. The summed E-state index contributed by atoms with van der Waals surface area (Å²) >= 11 is 0. The Kier molecular flexibility index (Phi) is 7.14. The van der Waals surface area contributed by atoms with Crippen LogP contribution in [0.15, 0.2) is 52.0 Å². The van der Waals surface area contributed by atoms with Crippen LogP contribution in [0.5, 0.6) is 5.75 Å². The Labute approximate surface area is 207 Å². The van der Waals surface area contributed by atoms with Gasteiger partial charge in [-0.05, 0) is 49.9 Å². The molecule has 10 heteroatoms. The number of carbonyl (C=O) groups is 2. The number of amides is 2. The van der Waals surface area contributed by atoms with Gasteiger partial charge in [0.25, 0.3) is 11.6 Å². The van der Waals surface area contributed by atoms with Crippen molar-refractivity contribution in [2.45, 2.75) is 39.5 Å². The van der Waals surface area contributed by atoms with Gasteiger partial charge in [0, 0.05) is 29.7 Å². The van der Waals surface area contributed by atoms with Crippen molar-refractivity contribution in [1.82, 2.24) is 5.43 Å². The van der Waals surface area contributed by atoms with E-state index in [-0.39, 0.29) is 23.8 Å². The van der Waals surface area contributed by atoms with E-state index in [4.69, 9.17) is 9.15 Å². The minimum atomic E-state index is -0.490. The number of nitro groups is 1. The highest BCUT2D eigenvalue weighted by atomic mass is 16.6. The Morgan fingerprint density at radius 3 is 2.58 bits per heavy atom. The maximum Gasteiger partial charge on any atom is 0.291 e.